The number of rotatable bonds is 7. The topological polar surface area (TPSA) is 46.9 Å². The molecular formula is C20H23FN3O2S+. The van der Waals surface area contributed by atoms with Crippen LogP contribution in [0.5, 0.6) is 5.75 Å². The second-order valence-corrected chi connectivity index (χ2v) is 7.56. The van der Waals surface area contributed by atoms with Crippen LogP contribution < -0.4 is 14.5 Å². The smallest absolute Gasteiger partial charge is 0.263 e. The number of benzene rings is 2. The molecule has 142 valence electrons. The number of nitrogens with zero attached hydrogens (tertiary/aromatic N) is 2. The van der Waals surface area contributed by atoms with Crippen LogP contribution in [0, 0.1) is 5.82 Å². The van der Waals surface area contributed by atoms with Crippen LogP contribution >= 0.6 is 11.3 Å². The minimum Gasteiger partial charge on any atom is -0.496 e. The van der Waals surface area contributed by atoms with Gasteiger partial charge in [-0.15, -0.1) is 0 Å². The standard InChI is InChI=1S/C20H22FN3O2S/c1-23(2)12-7-13-24(19(25)14-8-4-5-10-16(14)26-3)20-22-18-15(21)9-6-11-17(18)27-20/h4-6,8-11H,7,12-13H2,1-3H3/p+1. The number of halogens is 1. The van der Waals surface area contributed by atoms with Gasteiger partial charge < -0.3 is 9.64 Å². The fourth-order valence-corrected chi connectivity index (χ4v) is 3.86. The number of carbonyl (C=O) groups is 1. The van der Waals surface area contributed by atoms with E-state index in [1.807, 2.05) is 12.1 Å². The van der Waals surface area contributed by atoms with Gasteiger partial charge in [-0.25, -0.2) is 9.37 Å². The predicted octanol–water partition coefficient (Wildman–Crippen LogP) is 2.63. The Balaban J connectivity index is 1.99. The summed E-state index contributed by atoms with van der Waals surface area (Å²) in [4.78, 5) is 20.6. The zero-order valence-corrected chi connectivity index (χ0v) is 16.5. The molecule has 0 aliphatic rings. The van der Waals surface area contributed by atoms with Crippen molar-refractivity contribution in [2.24, 2.45) is 0 Å². The van der Waals surface area contributed by atoms with Crippen LogP contribution in [-0.2, 0) is 0 Å². The molecule has 0 aliphatic heterocycles. The van der Waals surface area contributed by atoms with E-state index in [0.717, 1.165) is 17.7 Å². The predicted molar refractivity (Wildman–Crippen MR) is 107 cm³/mol. The van der Waals surface area contributed by atoms with Gasteiger partial charge in [0.25, 0.3) is 5.91 Å². The number of quaternary nitrogens is 1. The molecule has 1 N–H and O–H groups in total. The summed E-state index contributed by atoms with van der Waals surface area (Å²) in [6, 6.07) is 12.0. The zero-order chi connectivity index (χ0) is 19.4. The van der Waals surface area contributed by atoms with E-state index in [1.165, 1.54) is 22.3 Å². The summed E-state index contributed by atoms with van der Waals surface area (Å²) in [5.41, 5.74) is 0.769. The summed E-state index contributed by atoms with van der Waals surface area (Å²) in [5.74, 6) is -0.0591. The second-order valence-electron chi connectivity index (χ2n) is 6.55. The molecule has 3 rings (SSSR count). The molecule has 0 saturated carbocycles. The first-order valence-electron chi connectivity index (χ1n) is 8.80. The molecule has 0 saturated heterocycles. The van der Waals surface area contributed by atoms with E-state index in [2.05, 4.69) is 19.1 Å². The number of ether oxygens (including phenoxy) is 1. The Bertz CT molecular complexity index is 942. The lowest BCUT2D eigenvalue weighted by Crippen LogP contribution is -3.05. The quantitative estimate of drug-likeness (QED) is 0.677. The van der Waals surface area contributed by atoms with Crippen LogP contribution in [0.25, 0.3) is 10.2 Å². The number of nitrogens with one attached hydrogen (secondary N) is 1. The van der Waals surface area contributed by atoms with E-state index in [1.54, 1.807) is 36.3 Å². The molecule has 1 amide bonds. The average molecular weight is 388 g/mol. The summed E-state index contributed by atoms with van der Waals surface area (Å²) < 4.78 is 20.1. The summed E-state index contributed by atoms with van der Waals surface area (Å²) in [6.45, 7) is 1.42. The Morgan fingerprint density at radius 1 is 1.22 bits per heavy atom. The molecule has 7 heteroatoms. The van der Waals surface area contributed by atoms with Gasteiger partial charge in [-0.1, -0.05) is 29.5 Å². The fourth-order valence-electron chi connectivity index (χ4n) is 2.86. The second kappa shape index (κ2) is 8.45. The Morgan fingerprint density at radius 3 is 2.70 bits per heavy atom. The van der Waals surface area contributed by atoms with Crippen LogP contribution in [0.15, 0.2) is 42.5 Å². The van der Waals surface area contributed by atoms with Crippen LogP contribution in [0.3, 0.4) is 0 Å². The van der Waals surface area contributed by atoms with Gasteiger partial charge in [-0.3, -0.25) is 9.69 Å². The molecule has 3 aromatic rings. The molecule has 0 atom stereocenters. The van der Waals surface area contributed by atoms with Crippen molar-refractivity contribution in [3.05, 3.63) is 53.8 Å². The third-order valence-corrected chi connectivity index (χ3v) is 5.27. The molecule has 1 heterocycles. The van der Waals surface area contributed by atoms with E-state index >= 15 is 0 Å². The van der Waals surface area contributed by atoms with Crippen molar-refractivity contribution in [1.82, 2.24) is 4.98 Å². The van der Waals surface area contributed by atoms with Crippen molar-refractivity contribution in [3.8, 4) is 5.75 Å². The highest BCUT2D eigenvalue weighted by atomic mass is 32.1. The number of anilines is 1. The van der Waals surface area contributed by atoms with Crippen molar-refractivity contribution in [2.45, 2.75) is 6.42 Å². The van der Waals surface area contributed by atoms with E-state index < -0.39 is 0 Å². The van der Waals surface area contributed by atoms with Crippen molar-refractivity contribution >= 4 is 32.6 Å². The van der Waals surface area contributed by atoms with Crippen molar-refractivity contribution in [2.75, 3.05) is 39.2 Å². The molecular weight excluding hydrogens is 365 g/mol. The molecule has 1 aromatic heterocycles. The van der Waals surface area contributed by atoms with E-state index in [4.69, 9.17) is 4.74 Å². The summed E-state index contributed by atoms with van der Waals surface area (Å²) in [6.07, 6.45) is 0.807. The van der Waals surface area contributed by atoms with Gasteiger partial charge in [0.1, 0.15) is 17.1 Å². The normalized spacial score (nSPS) is 11.1. The first-order chi connectivity index (χ1) is 13.0. The van der Waals surface area contributed by atoms with Crippen molar-refractivity contribution < 1.29 is 18.8 Å². The van der Waals surface area contributed by atoms with Gasteiger partial charge in [0.2, 0.25) is 0 Å². The SMILES string of the molecule is COc1ccccc1C(=O)N(CCC[NH+](C)C)c1nc2c(F)cccc2s1. The molecule has 0 bridgehead atoms. The van der Waals surface area contributed by atoms with Gasteiger partial charge in [-0.05, 0) is 24.3 Å². The van der Waals surface area contributed by atoms with Gasteiger partial charge in [0, 0.05) is 13.0 Å². The molecule has 0 fully saturated rings. The Kier molecular flexibility index (Phi) is 6.03. The lowest BCUT2D eigenvalue weighted by atomic mass is 10.1. The maximum absolute atomic E-state index is 14.1. The Labute approximate surface area is 162 Å². The lowest BCUT2D eigenvalue weighted by molar-refractivity contribution is -0.858. The molecule has 5 nitrogen and oxygen atoms in total. The minimum atomic E-state index is -0.377. The van der Waals surface area contributed by atoms with Gasteiger partial charge in [-0.2, -0.15) is 0 Å². The van der Waals surface area contributed by atoms with E-state index in [0.29, 0.717) is 28.5 Å². The summed E-state index contributed by atoms with van der Waals surface area (Å²) in [7, 11) is 5.68. The number of amides is 1. The Hall–Kier alpha value is -2.51. The van der Waals surface area contributed by atoms with E-state index in [9.17, 15) is 9.18 Å². The fraction of sp³-hybridized carbons (Fsp3) is 0.300. The summed E-state index contributed by atoms with van der Waals surface area (Å²) >= 11 is 1.32. The first-order valence-corrected chi connectivity index (χ1v) is 9.62. The molecule has 0 aliphatic carbocycles. The maximum Gasteiger partial charge on any atom is 0.263 e. The number of aromatic nitrogens is 1. The number of methoxy groups -OCH3 is 1. The number of hydrogen-bond donors (Lipinski definition) is 1. The maximum atomic E-state index is 14.1. The highest BCUT2D eigenvalue weighted by molar-refractivity contribution is 7.22. The minimum absolute atomic E-state index is 0.194. The van der Waals surface area contributed by atoms with Gasteiger partial charge in [0.15, 0.2) is 5.13 Å². The number of thiazole rings is 1. The third kappa shape index (κ3) is 4.26. The zero-order valence-electron chi connectivity index (χ0n) is 15.7. The molecule has 0 spiro atoms. The van der Waals surface area contributed by atoms with Crippen LogP contribution in [0.2, 0.25) is 0 Å². The monoisotopic (exact) mass is 388 g/mol. The summed E-state index contributed by atoms with van der Waals surface area (Å²) in [5, 5.41) is 0.500. The van der Waals surface area contributed by atoms with Crippen LogP contribution in [0.1, 0.15) is 16.8 Å². The molecule has 0 radical (unpaired) electrons. The Morgan fingerprint density at radius 2 is 2.00 bits per heavy atom. The highest BCUT2D eigenvalue weighted by Gasteiger charge is 2.24. The molecule has 2 aromatic carbocycles. The van der Waals surface area contributed by atoms with Gasteiger partial charge in [0.05, 0.1) is 38.0 Å². The third-order valence-electron chi connectivity index (χ3n) is 4.23. The van der Waals surface area contributed by atoms with Crippen LogP contribution in [0.4, 0.5) is 9.52 Å². The lowest BCUT2D eigenvalue weighted by Gasteiger charge is -2.21. The van der Waals surface area contributed by atoms with E-state index in [-0.39, 0.29) is 11.7 Å². The highest BCUT2D eigenvalue weighted by Crippen LogP contribution is 2.32. The molecule has 0 unspecified atom stereocenters. The van der Waals surface area contributed by atoms with Crippen molar-refractivity contribution in [3.63, 3.8) is 0 Å². The van der Waals surface area contributed by atoms with Crippen molar-refractivity contribution in [1.29, 1.82) is 0 Å². The van der Waals surface area contributed by atoms with Gasteiger partial charge >= 0.3 is 0 Å². The largest absolute Gasteiger partial charge is 0.496 e. The number of hydrogen-bond acceptors (Lipinski definition) is 4. The number of fused-ring (bicyclic) bond motifs is 1. The number of para-hydroxylation sites is 2. The number of carbonyl (C=O) groups excluding carboxylic acids is 1. The first kappa shape index (κ1) is 19.3. The average Bonchev–Trinajstić information content (AvgIpc) is 3.10. The molecule has 27 heavy (non-hydrogen) atoms. The van der Waals surface area contributed by atoms with Crippen LogP contribution in [-0.4, -0.2) is 45.2 Å².